The zero-order valence-electron chi connectivity index (χ0n) is 9.39. The van der Waals surface area contributed by atoms with E-state index in [9.17, 15) is 0 Å². The molecule has 0 amide bonds. The zero-order valence-corrected chi connectivity index (χ0v) is 9.39. The summed E-state index contributed by atoms with van der Waals surface area (Å²) in [5.74, 6) is 0. The van der Waals surface area contributed by atoms with Crippen molar-refractivity contribution < 1.29 is 0 Å². The molecule has 1 heteroatoms. The molecule has 1 aliphatic heterocycles. The zero-order chi connectivity index (χ0) is 10.5. The molecule has 0 spiro atoms. The molecule has 0 aromatic heterocycles. The lowest BCUT2D eigenvalue weighted by Crippen LogP contribution is -2.21. The van der Waals surface area contributed by atoms with Gasteiger partial charge in [-0.05, 0) is 24.1 Å². The molecule has 0 radical (unpaired) electrons. The second kappa shape index (κ2) is 2.63. The van der Waals surface area contributed by atoms with Crippen molar-refractivity contribution in [1.29, 1.82) is 0 Å². The average Bonchev–Trinajstić information content (AvgIpc) is 2.29. The van der Waals surface area contributed by atoms with E-state index < -0.39 is 0 Å². The third-order valence-corrected chi connectivity index (χ3v) is 3.36. The van der Waals surface area contributed by atoms with Crippen LogP contribution in [0.4, 0.5) is 5.69 Å². The molecule has 1 heterocycles. The second-order valence-corrected chi connectivity index (χ2v) is 4.60. The normalized spacial score (nSPS) is 18.6. The molecule has 0 N–H and O–H groups in total. The summed E-state index contributed by atoms with van der Waals surface area (Å²) >= 11 is 0. The molecule has 1 aromatic carbocycles. The molecule has 1 aromatic rings. The monoisotopic (exact) mass is 187 g/mol. The summed E-state index contributed by atoms with van der Waals surface area (Å²) < 4.78 is 0. The number of hydrogen-bond donors (Lipinski definition) is 0. The Labute approximate surface area is 86.1 Å². The molecule has 0 saturated carbocycles. The lowest BCUT2D eigenvalue weighted by molar-refractivity contribution is 0.639. The van der Waals surface area contributed by atoms with Gasteiger partial charge in [-0.3, -0.25) is 0 Å². The number of anilines is 1. The number of allylic oxidation sites excluding steroid dienone is 1. The van der Waals surface area contributed by atoms with E-state index in [1.807, 2.05) is 0 Å². The maximum atomic E-state index is 4.17. The van der Waals surface area contributed by atoms with E-state index in [2.05, 4.69) is 57.5 Å². The predicted octanol–water partition coefficient (Wildman–Crippen LogP) is 3.24. The highest BCUT2D eigenvalue weighted by atomic mass is 15.1. The highest BCUT2D eigenvalue weighted by Crippen LogP contribution is 2.47. The Morgan fingerprint density at radius 3 is 2.50 bits per heavy atom. The minimum absolute atomic E-state index is 0.0788. The molecular formula is C13H17N. The molecule has 1 aliphatic rings. The number of likely N-dealkylation sites (N-methyl/N-ethyl adjacent to an activating group) is 1. The van der Waals surface area contributed by atoms with Crippen LogP contribution in [0.5, 0.6) is 0 Å². The van der Waals surface area contributed by atoms with Crippen molar-refractivity contribution in [3.8, 4) is 0 Å². The first-order chi connectivity index (χ1) is 6.46. The molecule has 0 atom stereocenters. The van der Waals surface area contributed by atoms with Crippen LogP contribution in [0.1, 0.15) is 25.0 Å². The number of rotatable bonds is 0. The van der Waals surface area contributed by atoms with Gasteiger partial charge in [-0.1, -0.05) is 32.6 Å². The van der Waals surface area contributed by atoms with Crippen LogP contribution >= 0.6 is 0 Å². The summed E-state index contributed by atoms with van der Waals surface area (Å²) in [6, 6.07) is 6.45. The van der Waals surface area contributed by atoms with E-state index >= 15 is 0 Å². The van der Waals surface area contributed by atoms with E-state index in [0.717, 1.165) is 0 Å². The van der Waals surface area contributed by atoms with Crippen LogP contribution in [0.15, 0.2) is 30.5 Å². The molecule has 0 bridgehead atoms. The van der Waals surface area contributed by atoms with Crippen LogP contribution in [-0.2, 0) is 5.41 Å². The van der Waals surface area contributed by atoms with Gasteiger partial charge in [0.05, 0.1) is 0 Å². The van der Waals surface area contributed by atoms with Crippen molar-refractivity contribution in [2.24, 2.45) is 0 Å². The van der Waals surface area contributed by atoms with E-state index in [0.29, 0.717) is 0 Å². The van der Waals surface area contributed by atoms with E-state index in [-0.39, 0.29) is 5.41 Å². The largest absolute Gasteiger partial charge is 0.348 e. The van der Waals surface area contributed by atoms with Gasteiger partial charge in [-0.25, -0.2) is 0 Å². The Morgan fingerprint density at radius 1 is 1.29 bits per heavy atom. The fourth-order valence-corrected chi connectivity index (χ4v) is 2.45. The molecule has 2 rings (SSSR count). The van der Waals surface area contributed by atoms with Crippen molar-refractivity contribution in [3.63, 3.8) is 0 Å². The Bertz CT molecular complexity index is 402. The topological polar surface area (TPSA) is 3.24 Å². The van der Waals surface area contributed by atoms with Crippen LogP contribution in [0.3, 0.4) is 0 Å². The molecule has 0 saturated heterocycles. The SMILES string of the molecule is C=C1N(C)c2cccc(C)c2C1(C)C. The van der Waals surface area contributed by atoms with Gasteiger partial charge in [0.15, 0.2) is 0 Å². The average molecular weight is 187 g/mol. The van der Waals surface area contributed by atoms with Crippen molar-refractivity contribution >= 4 is 5.69 Å². The van der Waals surface area contributed by atoms with Crippen LogP contribution < -0.4 is 4.90 Å². The van der Waals surface area contributed by atoms with Crippen LogP contribution in [0.2, 0.25) is 0 Å². The van der Waals surface area contributed by atoms with Crippen molar-refractivity contribution in [1.82, 2.24) is 0 Å². The van der Waals surface area contributed by atoms with Crippen molar-refractivity contribution in [2.75, 3.05) is 11.9 Å². The maximum Gasteiger partial charge on any atom is 0.0450 e. The Hall–Kier alpha value is -1.24. The van der Waals surface area contributed by atoms with Crippen molar-refractivity contribution in [2.45, 2.75) is 26.2 Å². The minimum Gasteiger partial charge on any atom is -0.348 e. The lowest BCUT2D eigenvalue weighted by Gasteiger charge is -2.23. The standard InChI is InChI=1S/C13H17N/c1-9-7-6-8-11-12(9)13(3,4)10(2)14(11)5/h6-8H,2H2,1,3-5H3. The predicted molar refractivity (Wildman–Crippen MR) is 61.7 cm³/mol. The smallest absolute Gasteiger partial charge is 0.0450 e. The van der Waals surface area contributed by atoms with Gasteiger partial charge >= 0.3 is 0 Å². The minimum atomic E-state index is 0.0788. The van der Waals surface area contributed by atoms with Gasteiger partial charge in [0.1, 0.15) is 0 Å². The Balaban J connectivity index is 2.75. The molecule has 0 aliphatic carbocycles. The van der Waals surface area contributed by atoms with Gasteiger partial charge in [0.2, 0.25) is 0 Å². The number of hydrogen-bond acceptors (Lipinski definition) is 1. The summed E-state index contributed by atoms with van der Waals surface area (Å²) in [7, 11) is 2.09. The molecule has 14 heavy (non-hydrogen) atoms. The van der Waals surface area contributed by atoms with E-state index in [4.69, 9.17) is 0 Å². The van der Waals surface area contributed by atoms with Gasteiger partial charge in [0, 0.05) is 23.8 Å². The molecule has 74 valence electrons. The maximum absolute atomic E-state index is 4.17. The molecule has 0 fully saturated rings. The molecular weight excluding hydrogens is 170 g/mol. The number of nitrogens with zero attached hydrogens (tertiary/aromatic N) is 1. The van der Waals surface area contributed by atoms with Gasteiger partial charge < -0.3 is 4.90 Å². The molecule has 1 nitrogen and oxygen atoms in total. The first-order valence-corrected chi connectivity index (χ1v) is 4.99. The summed E-state index contributed by atoms with van der Waals surface area (Å²) in [6.07, 6.45) is 0. The lowest BCUT2D eigenvalue weighted by atomic mass is 9.82. The van der Waals surface area contributed by atoms with E-state index in [1.54, 1.807) is 0 Å². The fourth-order valence-electron chi connectivity index (χ4n) is 2.45. The van der Waals surface area contributed by atoms with E-state index in [1.165, 1.54) is 22.5 Å². The van der Waals surface area contributed by atoms with Crippen LogP contribution in [-0.4, -0.2) is 7.05 Å². The first-order valence-electron chi connectivity index (χ1n) is 4.99. The Morgan fingerprint density at radius 2 is 1.93 bits per heavy atom. The number of benzene rings is 1. The third-order valence-electron chi connectivity index (χ3n) is 3.36. The highest BCUT2D eigenvalue weighted by molar-refractivity contribution is 5.71. The summed E-state index contributed by atoms with van der Waals surface area (Å²) in [4.78, 5) is 2.20. The summed E-state index contributed by atoms with van der Waals surface area (Å²) in [5.41, 5.74) is 5.35. The highest BCUT2D eigenvalue weighted by Gasteiger charge is 2.37. The van der Waals surface area contributed by atoms with Gasteiger partial charge in [0.25, 0.3) is 0 Å². The van der Waals surface area contributed by atoms with Crippen LogP contribution in [0.25, 0.3) is 0 Å². The quantitative estimate of drug-likeness (QED) is 0.602. The summed E-state index contributed by atoms with van der Waals surface area (Å²) in [6.45, 7) is 10.8. The van der Waals surface area contributed by atoms with Crippen LogP contribution in [0, 0.1) is 6.92 Å². The first kappa shape index (κ1) is 9.32. The fraction of sp³-hybridized carbons (Fsp3) is 0.385. The van der Waals surface area contributed by atoms with Crippen molar-refractivity contribution in [3.05, 3.63) is 41.6 Å². The molecule has 0 unspecified atom stereocenters. The third kappa shape index (κ3) is 0.955. The summed E-state index contributed by atoms with van der Waals surface area (Å²) in [5, 5.41) is 0. The Kier molecular flexibility index (Phi) is 1.75. The number of fused-ring (bicyclic) bond motifs is 1. The number of aryl methyl sites for hydroxylation is 1. The van der Waals surface area contributed by atoms with Gasteiger partial charge in [-0.15, -0.1) is 0 Å². The second-order valence-electron chi connectivity index (χ2n) is 4.60. The van der Waals surface area contributed by atoms with Gasteiger partial charge in [-0.2, -0.15) is 0 Å².